The normalized spacial score (nSPS) is 11.9. The standard InChI is InChI=1S/C25H18F3N2.ClH/c1-15-5-4-8-22-23(15)20(14-30-22)24(16-9-11-17(12-10-16)25(26,27)28)19-13-29-21-7-3-2-6-18(19)21;/h2-14,29-30H,1H3;1H. The zero-order chi connectivity index (χ0) is 20.9. The fourth-order valence-corrected chi connectivity index (χ4v) is 4.13. The van der Waals surface area contributed by atoms with Crippen LogP contribution in [0.1, 0.15) is 27.8 Å². The van der Waals surface area contributed by atoms with Crippen molar-refractivity contribution in [3.8, 4) is 0 Å². The molecule has 5 aromatic rings. The number of rotatable bonds is 3. The van der Waals surface area contributed by atoms with Gasteiger partial charge in [0.2, 0.25) is 0 Å². The van der Waals surface area contributed by atoms with E-state index in [0.29, 0.717) is 0 Å². The van der Waals surface area contributed by atoms with Gasteiger partial charge >= 0.3 is 6.18 Å². The van der Waals surface area contributed by atoms with E-state index in [1.54, 1.807) is 12.1 Å². The SMILES string of the molecule is Cc1cccc2[nH]cc([C](c3ccc(C(F)(F)F)cc3)c3c[nH]c4ccccc34)c12.Cl. The Hall–Kier alpha value is -3.18. The monoisotopic (exact) mass is 439 g/mol. The van der Waals surface area contributed by atoms with Crippen molar-refractivity contribution < 1.29 is 13.2 Å². The first-order chi connectivity index (χ1) is 14.4. The Labute approximate surface area is 183 Å². The number of fused-ring (bicyclic) bond motifs is 2. The summed E-state index contributed by atoms with van der Waals surface area (Å²) in [4.78, 5) is 6.60. The number of hydrogen-bond donors (Lipinski definition) is 2. The Kier molecular flexibility index (Phi) is 5.31. The first-order valence-corrected chi connectivity index (χ1v) is 9.61. The number of aromatic amines is 2. The third-order valence-corrected chi connectivity index (χ3v) is 5.54. The van der Waals surface area contributed by atoms with Crippen molar-refractivity contribution in [2.45, 2.75) is 13.1 Å². The molecule has 2 aromatic heterocycles. The Morgan fingerprint density at radius 1 is 0.742 bits per heavy atom. The smallest absolute Gasteiger partial charge is 0.361 e. The summed E-state index contributed by atoms with van der Waals surface area (Å²) in [6, 6.07) is 19.4. The summed E-state index contributed by atoms with van der Waals surface area (Å²) in [6.45, 7) is 2.04. The van der Waals surface area contributed by atoms with E-state index < -0.39 is 11.7 Å². The van der Waals surface area contributed by atoms with Crippen molar-refractivity contribution >= 4 is 34.2 Å². The summed E-state index contributed by atoms with van der Waals surface area (Å²) in [6.07, 6.45) is -0.502. The number of aromatic nitrogens is 2. The van der Waals surface area contributed by atoms with Crippen molar-refractivity contribution in [3.63, 3.8) is 0 Å². The maximum absolute atomic E-state index is 13.1. The molecule has 0 saturated carbocycles. The second kappa shape index (κ2) is 7.82. The maximum Gasteiger partial charge on any atom is 0.416 e. The molecular weight excluding hydrogens is 421 g/mol. The number of halogens is 4. The average Bonchev–Trinajstić information content (AvgIpc) is 3.34. The van der Waals surface area contributed by atoms with Crippen LogP contribution in [0.5, 0.6) is 0 Å². The molecule has 31 heavy (non-hydrogen) atoms. The molecule has 0 unspecified atom stereocenters. The lowest BCUT2D eigenvalue weighted by atomic mass is 9.84. The van der Waals surface area contributed by atoms with E-state index in [0.717, 1.165) is 62.1 Å². The minimum atomic E-state index is -4.36. The van der Waals surface area contributed by atoms with Crippen LogP contribution in [-0.2, 0) is 6.18 Å². The van der Waals surface area contributed by atoms with Crippen LogP contribution < -0.4 is 0 Å². The van der Waals surface area contributed by atoms with Gasteiger partial charge in [-0.2, -0.15) is 13.2 Å². The van der Waals surface area contributed by atoms with Crippen LogP contribution in [0.25, 0.3) is 21.8 Å². The number of para-hydroxylation sites is 1. The molecule has 2 heterocycles. The molecule has 0 fully saturated rings. The van der Waals surface area contributed by atoms with Crippen LogP contribution in [0.4, 0.5) is 13.2 Å². The lowest BCUT2D eigenvalue weighted by Gasteiger charge is -2.18. The van der Waals surface area contributed by atoms with Crippen LogP contribution in [0.15, 0.2) is 79.1 Å². The van der Waals surface area contributed by atoms with Gasteiger partial charge in [0, 0.05) is 34.2 Å². The second-order valence-electron chi connectivity index (χ2n) is 7.40. The van der Waals surface area contributed by atoms with Gasteiger partial charge in [-0.15, -0.1) is 12.4 Å². The van der Waals surface area contributed by atoms with E-state index in [4.69, 9.17) is 0 Å². The Morgan fingerprint density at radius 3 is 2.13 bits per heavy atom. The number of H-pyrrole nitrogens is 2. The molecule has 0 atom stereocenters. The topological polar surface area (TPSA) is 31.6 Å². The molecular formula is C25H19ClF3N2. The highest BCUT2D eigenvalue weighted by atomic mass is 35.5. The number of nitrogens with one attached hydrogen (secondary N) is 2. The van der Waals surface area contributed by atoms with Gasteiger partial charge in [0.1, 0.15) is 0 Å². The van der Waals surface area contributed by atoms with E-state index in [1.807, 2.05) is 61.8 Å². The second-order valence-corrected chi connectivity index (χ2v) is 7.40. The van der Waals surface area contributed by atoms with Gasteiger partial charge in [0.25, 0.3) is 0 Å². The molecule has 0 saturated heterocycles. The molecule has 0 amide bonds. The summed E-state index contributed by atoms with van der Waals surface area (Å²) in [5, 5.41) is 2.09. The number of benzene rings is 3. The first-order valence-electron chi connectivity index (χ1n) is 9.61. The predicted octanol–water partition coefficient (Wildman–Crippen LogP) is 7.42. The molecule has 0 aliphatic heterocycles. The summed E-state index contributed by atoms with van der Waals surface area (Å²) in [7, 11) is 0. The predicted molar refractivity (Wildman–Crippen MR) is 121 cm³/mol. The third kappa shape index (κ3) is 3.59. The Morgan fingerprint density at radius 2 is 1.39 bits per heavy atom. The number of hydrogen-bond acceptors (Lipinski definition) is 0. The van der Waals surface area contributed by atoms with E-state index in [1.165, 1.54) is 0 Å². The molecule has 0 spiro atoms. The molecule has 5 rings (SSSR count). The average molecular weight is 440 g/mol. The van der Waals surface area contributed by atoms with Crippen molar-refractivity contribution in [3.05, 3.63) is 113 Å². The van der Waals surface area contributed by atoms with Gasteiger partial charge in [-0.3, -0.25) is 0 Å². The van der Waals surface area contributed by atoms with Crippen LogP contribution in [0, 0.1) is 12.8 Å². The lowest BCUT2D eigenvalue weighted by Crippen LogP contribution is -2.07. The molecule has 1 radical (unpaired) electrons. The van der Waals surface area contributed by atoms with Crippen molar-refractivity contribution in [2.75, 3.05) is 0 Å². The molecule has 6 heteroatoms. The Balaban J connectivity index is 0.00000231. The highest BCUT2D eigenvalue weighted by molar-refractivity contribution is 5.94. The summed E-state index contributed by atoms with van der Waals surface area (Å²) >= 11 is 0. The fourth-order valence-electron chi connectivity index (χ4n) is 4.13. The lowest BCUT2D eigenvalue weighted by molar-refractivity contribution is -0.137. The van der Waals surface area contributed by atoms with Crippen LogP contribution in [0.2, 0.25) is 0 Å². The van der Waals surface area contributed by atoms with Crippen molar-refractivity contribution in [2.24, 2.45) is 0 Å². The molecule has 2 nitrogen and oxygen atoms in total. The zero-order valence-corrected chi connectivity index (χ0v) is 17.4. The van der Waals surface area contributed by atoms with E-state index in [9.17, 15) is 13.2 Å². The van der Waals surface area contributed by atoms with Crippen LogP contribution >= 0.6 is 12.4 Å². The molecule has 2 N–H and O–H groups in total. The maximum atomic E-state index is 13.1. The summed E-state index contributed by atoms with van der Waals surface area (Å²) in [5.74, 6) is 0.890. The summed E-state index contributed by atoms with van der Waals surface area (Å²) < 4.78 is 39.4. The molecule has 0 bridgehead atoms. The fraction of sp³-hybridized carbons (Fsp3) is 0.0800. The number of alkyl halides is 3. The summed E-state index contributed by atoms with van der Waals surface area (Å²) in [5.41, 5.74) is 5.08. The molecule has 0 aliphatic rings. The van der Waals surface area contributed by atoms with Crippen LogP contribution in [-0.4, -0.2) is 9.97 Å². The van der Waals surface area contributed by atoms with Gasteiger partial charge in [0.15, 0.2) is 0 Å². The van der Waals surface area contributed by atoms with E-state index in [-0.39, 0.29) is 12.4 Å². The molecule has 0 aliphatic carbocycles. The minimum Gasteiger partial charge on any atom is -0.361 e. The molecule has 3 aromatic carbocycles. The molecule has 157 valence electrons. The van der Waals surface area contributed by atoms with Gasteiger partial charge in [-0.05, 0) is 53.4 Å². The minimum absolute atomic E-state index is 0. The van der Waals surface area contributed by atoms with E-state index >= 15 is 0 Å². The van der Waals surface area contributed by atoms with Crippen molar-refractivity contribution in [1.29, 1.82) is 0 Å². The number of aryl methyl sites for hydroxylation is 1. The quantitative estimate of drug-likeness (QED) is 0.293. The van der Waals surface area contributed by atoms with Crippen LogP contribution in [0.3, 0.4) is 0 Å². The van der Waals surface area contributed by atoms with Gasteiger partial charge in [0.05, 0.1) is 11.5 Å². The van der Waals surface area contributed by atoms with Gasteiger partial charge < -0.3 is 9.97 Å². The third-order valence-electron chi connectivity index (χ3n) is 5.54. The largest absolute Gasteiger partial charge is 0.416 e. The van der Waals surface area contributed by atoms with Crippen molar-refractivity contribution in [1.82, 2.24) is 9.97 Å². The Bertz CT molecular complexity index is 1350. The van der Waals surface area contributed by atoms with Gasteiger partial charge in [-0.1, -0.05) is 42.5 Å². The zero-order valence-electron chi connectivity index (χ0n) is 16.5. The first kappa shape index (κ1) is 21.1. The van der Waals surface area contributed by atoms with Gasteiger partial charge in [-0.25, -0.2) is 0 Å². The highest BCUT2D eigenvalue weighted by Gasteiger charge is 2.31. The van der Waals surface area contributed by atoms with E-state index in [2.05, 4.69) is 9.97 Å². The highest BCUT2D eigenvalue weighted by Crippen LogP contribution is 2.40.